The Labute approximate surface area is 216 Å². The van der Waals surface area contributed by atoms with Gasteiger partial charge in [0, 0.05) is 12.7 Å². The number of ether oxygens (including phenoxy) is 3. The summed E-state index contributed by atoms with van der Waals surface area (Å²) in [5, 5.41) is 0. The van der Waals surface area contributed by atoms with Crippen molar-refractivity contribution >= 4 is 11.9 Å². The lowest BCUT2D eigenvalue weighted by Crippen LogP contribution is -2.43. The van der Waals surface area contributed by atoms with Crippen molar-refractivity contribution in [2.45, 2.75) is 57.8 Å². The van der Waals surface area contributed by atoms with Crippen molar-refractivity contribution in [3.63, 3.8) is 0 Å². The average Bonchev–Trinajstić information content (AvgIpc) is 2.87. The van der Waals surface area contributed by atoms with Gasteiger partial charge in [0.2, 0.25) is 0 Å². The molecule has 0 atom stereocenters. The maximum absolute atomic E-state index is 13.2. The van der Waals surface area contributed by atoms with Crippen molar-refractivity contribution in [1.82, 2.24) is 0 Å². The first-order valence-electron chi connectivity index (χ1n) is 13.7. The fraction of sp³-hybridized carbons (Fsp3) is 0.531. The Morgan fingerprint density at radius 1 is 0.944 bits per heavy atom. The van der Waals surface area contributed by atoms with Crippen LogP contribution in [0, 0.1) is 23.7 Å². The van der Waals surface area contributed by atoms with Gasteiger partial charge in [-0.05, 0) is 109 Å². The number of hydrogen-bond donors (Lipinski definition) is 0. The molecule has 4 nitrogen and oxygen atoms in total. The Morgan fingerprint density at radius 3 is 2.28 bits per heavy atom. The van der Waals surface area contributed by atoms with E-state index in [1.54, 1.807) is 13.2 Å². The number of benzene rings is 2. The number of carbonyl (C=O) groups is 1. The molecule has 2 aromatic rings. The second-order valence-electron chi connectivity index (χ2n) is 11.4. The molecule has 4 bridgehead atoms. The Morgan fingerprint density at radius 2 is 1.64 bits per heavy atom. The lowest BCUT2D eigenvalue weighted by Gasteiger charge is -2.54. The highest BCUT2D eigenvalue weighted by molar-refractivity contribution is 6.07. The van der Waals surface area contributed by atoms with Crippen LogP contribution >= 0.6 is 0 Å². The molecule has 0 radical (unpaired) electrons. The van der Waals surface area contributed by atoms with Crippen molar-refractivity contribution < 1.29 is 19.0 Å². The molecule has 0 spiro atoms. The number of carbonyl (C=O) groups excluding carboxylic acids is 1. The molecule has 0 aliphatic heterocycles. The van der Waals surface area contributed by atoms with E-state index in [4.69, 9.17) is 14.2 Å². The molecule has 36 heavy (non-hydrogen) atoms. The maximum Gasteiger partial charge on any atom is 0.189 e. The van der Waals surface area contributed by atoms with E-state index in [1.807, 2.05) is 18.2 Å². The average molecular weight is 489 g/mol. The lowest BCUT2D eigenvalue weighted by molar-refractivity contribution is -0.0161. The fourth-order valence-corrected chi connectivity index (χ4v) is 7.09. The van der Waals surface area contributed by atoms with Crippen LogP contribution in [0.5, 0.6) is 5.75 Å². The van der Waals surface area contributed by atoms with E-state index in [1.165, 1.54) is 43.2 Å². The summed E-state index contributed by atoms with van der Waals surface area (Å²) in [6, 6.07) is 14.4. The van der Waals surface area contributed by atoms with Gasteiger partial charge in [0.15, 0.2) is 12.6 Å². The first-order chi connectivity index (χ1) is 17.5. The van der Waals surface area contributed by atoms with Crippen molar-refractivity contribution in [3.8, 4) is 5.75 Å². The highest BCUT2D eigenvalue weighted by atomic mass is 16.7. The van der Waals surface area contributed by atoms with E-state index < -0.39 is 0 Å². The van der Waals surface area contributed by atoms with E-state index in [2.05, 4.69) is 44.2 Å². The maximum atomic E-state index is 13.2. The van der Waals surface area contributed by atoms with Gasteiger partial charge in [-0.25, -0.2) is 0 Å². The molecule has 0 heterocycles. The van der Waals surface area contributed by atoms with Crippen LogP contribution in [0.1, 0.15) is 84.8 Å². The van der Waals surface area contributed by atoms with Crippen LogP contribution in [0.25, 0.3) is 6.08 Å². The van der Waals surface area contributed by atoms with Gasteiger partial charge in [-0.2, -0.15) is 0 Å². The molecule has 0 saturated heterocycles. The van der Waals surface area contributed by atoms with Gasteiger partial charge in [-0.1, -0.05) is 44.2 Å². The van der Waals surface area contributed by atoms with Crippen LogP contribution in [0.2, 0.25) is 0 Å². The van der Waals surface area contributed by atoms with E-state index >= 15 is 0 Å². The molecule has 4 fully saturated rings. The molecule has 2 aromatic carbocycles. The Bertz CT molecular complexity index is 1040. The van der Waals surface area contributed by atoms with E-state index in [0.29, 0.717) is 36.9 Å². The summed E-state index contributed by atoms with van der Waals surface area (Å²) < 4.78 is 16.8. The summed E-state index contributed by atoms with van der Waals surface area (Å²) in [6.07, 6.45) is 10.4. The summed E-state index contributed by atoms with van der Waals surface area (Å²) in [5.41, 5.74) is 4.30. The predicted octanol–water partition coefficient (Wildman–Crippen LogP) is 7.25. The number of ketones is 1. The summed E-state index contributed by atoms with van der Waals surface area (Å²) >= 11 is 0. The molecule has 4 aliphatic rings. The molecule has 4 saturated carbocycles. The molecule has 0 amide bonds. The zero-order valence-electron chi connectivity index (χ0n) is 22.0. The fourth-order valence-electron chi connectivity index (χ4n) is 7.09. The van der Waals surface area contributed by atoms with E-state index in [-0.39, 0.29) is 12.6 Å². The monoisotopic (exact) mass is 488 g/mol. The zero-order chi connectivity index (χ0) is 25.1. The van der Waals surface area contributed by atoms with Crippen LogP contribution in [0.3, 0.4) is 0 Å². The largest absolute Gasteiger partial charge is 0.467 e. The van der Waals surface area contributed by atoms with Crippen molar-refractivity contribution in [1.29, 1.82) is 0 Å². The second kappa shape index (κ2) is 11.3. The smallest absolute Gasteiger partial charge is 0.189 e. The van der Waals surface area contributed by atoms with Gasteiger partial charge < -0.3 is 14.2 Å². The molecular formula is C32H40O4. The predicted molar refractivity (Wildman–Crippen MR) is 143 cm³/mol. The van der Waals surface area contributed by atoms with Crippen LogP contribution in [-0.2, 0) is 9.47 Å². The minimum atomic E-state index is 0.0379. The van der Waals surface area contributed by atoms with Crippen LogP contribution in [-0.4, -0.2) is 32.9 Å². The molecular weight excluding hydrogens is 448 g/mol. The first kappa shape index (κ1) is 25.2. The molecule has 0 unspecified atom stereocenters. The van der Waals surface area contributed by atoms with Crippen molar-refractivity contribution in [2.75, 3.05) is 27.1 Å². The Balaban J connectivity index is 1.36. The lowest BCUT2D eigenvalue weighted by atomic mass is 9.50. The molecule has 0 N–H and O–H groups in total. The summed E-state index contributed by atoms with van der Waals surface area (Å²) in [5.74, 6) is 5.11. The van der Waals surface area contributed by atoms with E-state index in [0.717, 1.165) is 28.7 Å². The normalized spacial score (nSPS) is 26.7. The van der Waals surface area contributed by atoms with Crippen LogP contribution in [0.15, 0.2) is 48.5 Å². The third-order valence-corrected chi connectivity index (χ3v) is 8.64. The summed E-state index contributed by atoms with van der Waals surface area (Å²) in [4.78, 5) is 13.2. The Kier molecular flexibility index (Phi) is 7.93. The van der Waals surface area contributed by atoms with Gasteiger partial charge in [-0.15, -0.1) is 0 Å². The van der Waals surface area contributed by atoms with Gasteiger partial charge in [-0.3, -0.25) is 4.79 Å². The van der Waals surface area contributed by atoms with Gasteiger partial charge in [0.05, 0.1) is 13.2 Å². The van der Waals surface area contributed by atoms with Crippen LogP contribution < -0.4 is 4.74 Å². The molecule has 4 heteroatoms. The van der Waals surface area contributed by atoms with Gasteiger partial charge in [0.25, 0.3) is 0 Å². The number of rotatable bonds is 11. The second-order valence-corrected chi connectivity index (χ2v) is 11.4. The van der Waals surface area contributed by atoms with Gasteiger partial charge in [0.1, 0.15) is 5.75 Å². The highest BCUT2D eigenvalue weighted by Gasteiger charge is 2.49. The number of hydrogen-bond acceptors (Lipinski definition) is 4. The third-order valence-electron chi connectivity index (χ3n) is 8.64. The van der Waals surface area contributed by atoms with Crippen molar-refractivity contribution in [2.24, 2.45) is 23.7 Å². The quantitative estimate of drug-likeness (QED) is 0.145. The van der Waals surface area contributed by atoms with Crippen molar-refractivity contribution in [3.05, 3.63) is 70.8 Å². The Hall–Kier alpha value is -2.43. The number of methoxy groups -OCH3 is 1. The summed E-state index contributed by atoms with van der Waals surface area (Å²) in [6.45, 7) is 5.63. The molecule has 0 aromatic heterocycles. The summed E-state index contributed by atoms with van der Waals surface area (Å²) in [7, 11) is 1.67. The molecule has 192 valence electrons. The first-order valence-corrected chi connectivity index (χ1v) is 13.7. The molecule has 4 aliphatic carbocycles. The minimum Gasteiger partial charge on any atom is -0.467 e. The standard InChI is InChI=1S/C32H40O4/c1-21(2)25-7-4-22(5-8-25)6-10-30(33)26-9-11-31(36-20-35-13-12-34-3)29(19-26)32-27-15-23-14-24(17-27)18-28(32)16-23/h4-11,19,21,23-24,27-28,32H,12-18,20H2,1-3H3/b10-6+. The van der Waals surface area contributed by atoms with Crippen LogP contribution in [0.4, 0.5) is 0 Å². The zero-order valence-corrected chi connectivity index (χ0v) is 22.0. The number of allylic oxidation sites excluding steroid dienone is 1. The molecule has 6 rings (SSSR count). The van der Waals surface area contributed by atoms with Gasteiger partial charge >= 0.3 is 0 Å². The third kappa shape index (κ3) is 5.60. The minimum absolute atomic E-state index is 0.0379. The SMILES string of the molecule is COCCOCOc1ccc(C(=O)/C=C/c2ccc(C(C)C)cc2)cc1C1C2CC3CC(C2)CC1C3. The highest BCUT2D eigenvalue weighted by Crippen LogP contribution is 2.60. The topological polar surface area (TPSA) is 44.8 Å². The van der Waals surface area contributed by atoms with E-state index in [9.17, 15) is 4.79 Å².